The van der Waals surface area contributed by atoms with Crippen LogP contribution in [0.3, 0.4) is 0 Å². The van der Waals surface area contributed by atoms with E-state index in [1.807, 2.05) is 29.2 Å². The molecular formula is C23H25ClN4O5S. The van der Waals surface area contributed by atoms with Gasteiger partial charge in [-0.1, -0.05) is 11.6 Å². The van der Waals surface area contributed by atoms with Gasteiger partial charge in [-0.3, -0.25) is 19.5 Å². The molecule has 1 fully saturated rings. The van der Waals surface area contributed by atoms with Crippen LogP contribution in [0.25, 0.3) is 0 Å². The number of aliphatic imine (C=N–C) groups is 1. The highest BCUT2D eigenvalue weighted by atomic mass is 35.5. The quantitative estimate of drug-likeness (QED) is 0.578. The molecular weight excluding hydrogens is 480 g/mol. The molecule has 2 aliphatic rings. The van der Waals surface area contributed by atoms with Crippen LogP contribution in [0.1, 0.15) is 23.5 Å². The molecule has 0 spiro atoms. The first-order valence-corrected chi connectivity index (χ1v) is 11.9. The molecule has 180 valence electrons. The Kier molecular flexibility index (Phi) is 6.81. The Bertz CT molecular complexity index is 1130. The number of nitrogens with one attached hydrogen (secondary N) is 1. The average Bonchev–Trinajstić information content (AvgIpc) is 3.57. The maximum Gasteiger partial charge on any atom is 0.414 e. The first kappa shape index (κ1) is 24.0. The van der Waals surface area contributed by atoms with E-state index in [4.69, 9.17) is 21.1 Å². The van der Waals surface area contributed by atoms with Crippen molar-refractivity contribution in [2.24, 2.45) is 10.4 Å². The van der Waals surface area contributed by atoms with Gasteiger partial charge in [0.2, 0.25) is 0 Å². The Labute approximate surface area is 206 Å². The van der Waals surface area contributed by atoms with E-state index < -0.39 is 17.6 Å². The number of esters is 1. The fourth-order valence-electron chi connectivity index (χ4n) is 3.96. The maximum atomic E-state index is 12.4. The van der Waals surface area contributed by atoms with Gasteiger partial charge in [0.25, 0.3) is 5.91 Å². The number of carbonyl (C=O) groups is 3. The van der Waals surface area contributed by atoms with Gasteiger partial charge in [-0.25, -0.2) is 4.79 Å². The van der Waals surface area contributed by atoms with Gasteiger partial charge in [-0.05, 0) is 50.2 Å². The van der Waals surface area contributed by atoms with Crippen molar-refractivity contribution in [1.82, 2.24) is 5.32 Å². The van der Waals surface area contributed by atoms with Crippen molar-refractivity contribution >= 4 is 58.1 Å². The lowest BCUT2D eigenvalue weighted by molar-refractivity contribution is -0.147. The third kappa shape index (κ3) is 4.74. The molecule has 4 rings (SSSR count). The minimum atomic E-state index is -0.880. The van der Waals surface area contributed by atoms with Crippen molar-refractivity contribution in [3.63, 3.8) is 0 Å². The summed E-state index contributed by atoms with van der Waals surface area (Å²) in [4.78, 5) is 45.4. The van der Waals surface area contributed by atoms with Crippen LogP contribution in [0.4, 0.5) is 16.2 Å². The number of thiophene rings is 1. The second-order valence-corrected chi connectivity index (χ2v) is 10.1. The second-order valence-electron chi connectivity index (χ2n) is 8.42. The number of benzene rings is 1. The molecule has 2 aliphatic heterocycles. The van der Waals surface area contributed by atoms with Gasteiger partial charge in [-0.2, -0.15) is 0 Å². The van der Waals surface area contributed by atoms with Crippen LogP contribution in [-0.2, 0) is 14.3 Å². The van der Waals surface area contributed by atoms with Crippen LogP contribution in [0, 0.1) is 5.41 Å². The Morgan fingerprint density at radius 2 is 1.88 bits per heavy atom. The molecule has 0 saturated carbocycles. The van der Waals surface area contributed by atoms with Crippen LogP contribution >= 0.6 is 22.9 Å². The highest BCUT2D eigenvalue weighted by Crippen LogP contribution is 2.31. The molecule has 9 nitrogen and oxygen atoms in total. The van der Waals surface area contributed by atoms with Crippen LogP contribution in [-0.4, -0.2) is 63.2 Å². The van der Waals surface area contributed by atoms with E-state index in [9.17, 15) is 14.4 Å². The summed E-state index contributed by atoms with van der Waals surface area (Å²) in [5, 5.41) is 2.78. The van der Waals surface area contributed by atoms with E-state index in [0.29, 0.717) is 40.4 Å². The van der Waals surface area contributed by atoms with Crippen LogP contribution < -0.4 is 15.1 Å². The number of nitrogens with zero attached hydrogens (tertiary/aromatic N) is 3. The van der Waals surface area contributed by atoms with E-state index >= 15 is 0 Å². The van der Waals surface area contributed by atoms with Crippen molar-refractivity contribution in [2.75, 3.05) is 43.1 Å². The van der Waals surface area contributed by atoms with Gasteiger partial charge in [0.1, 0.15) is 17.4 Å². The zero-order chi connectivity index (χ0) is 24.5. The van der Waals surface area contributed by atoms with E-state index in [-0.39, 0.29) is 18.4 Å². The number of rotatable bonds is 7. The summed E-state index contributed by atoms with van der Waals surface area (Å²) >= 11 is 7.06. The normalized spacial score (nSPS) is 18.1. The predicted molar refractivity (Wildman–Crippen MR) is 131 cm³/mol. The number of anilines is 2. The first-order chi connectivity index (χ1) is 16.2. The van der Waals surface area contributed by atoms with Gasteiger partial charge in [0.05, 0.1) is 36.0 Å². The van der Waals surface area contributed by atoms with E-state index in [1.54, 1.807) is 26.0 Å². The fourth-order valence-corrected chi connectivity index (χ4v) is 4.92. The highest BCUT2D eigenvalue weighted by molar-refractivity contribution is 7.18. The van der Waals surface area contributed by atoms with Crippen molar-refractivity contribution in [2.45, 2.75) is 20.0 Å². The topological polar surface area (TPSA) is 101 Å². The summed E-state index contributed by atoms with van der Waals surface area (Å²) in [5.74, 6) is 0.0409. The number of methoxy groups -OCH3 is 1. The third-order valence-electron chi connectivity index (χ3n) is 5.73. The van der Waals surface area contributed by atoms with E-state index in [2.05, 4.69) is 10.3 Å². The third-order valence-corrected chi connectivity index (χ3v) is 6.96. The number of hydrogen-bond donors (Lipinski definition) is 1. The minimum Gasteiger partial charge on any atom is -0.468 e. The van der Waals surface area contributed by atoms with Gasteiger partial charge >= 0.3 is 12.1 Å². The summed E-state index contributed by atoms with van der Waals surface area (Å²) < 4.78 is 10.9. The smallest absolute Gasteiger partial charge is 0.414 e. The minimum absolute atomic E-state index is 0.199. The molecule has 34 heavy (non-hydrogen) atoms. The molecule has 1 aromatic heterocycles. The average molecular weight is 505 g/mol. The van der Waals surface area contributed by atoms with Crippen molar-refractivity contribution in [3.05, 3.63) is 45.6 Å². The SMILES string of the molecule is COC(=O)C(C)(C)C1=NCCN1c1ccc(N2C[C@H](CNC(=O)c3ccc(Cl)s3)OC2=O)cc1. The van der Waals surface area contributed by atoms with E-state index in [0.717, 1.165) is 5.69 Å². The molecule has 0 radical (unpaired) electrons. The predicted octanol–water partition coefficient (Wildman–Crippen LogP) is 3.57. The summed E-state index contributed by atoms with van der Waals surface area (Å²) in [6, 6.07) is 10.7. The van der Waals surface area contributed by atoms with Gasteiger partial charge in [0.15, 0.2) is 0 Å². The maximum absolute atomic E-state index is 12.4. The largest absolute Gasteiger partial charge is 0.468 e. The molecule has 1 saturated heterocycles. The molecule has 1 atom stereocenters. The molecule has 1 aromatic carbocycles. The molecule has 0 unspecified atom stereocenters. The number of cyclic esters (lactones) is 1. The first-order valence-electron chi connectivity index (χ1n) is 10.7. The number of carbonyl (C=O) groups excluding carboxylic acids is 3. The second kappa shape index (κ2) is 9.63. The molecule has 3 heterocycles. The lowest BCUT2D eigenvalue weighted by Gasteiger charge is -2.30. The molecule has 2 aromatic rings. The molecule has 2 amide bonds. The van der Waals surface area contributed by atoms with Gasteiger partial charge in [0, 0.05) is 17.9 Å². The Morgan fingerprint density at radius 1 is 1.21 bits per heavy atom. The lowest BCUT2D eigenvalue weighted by Crippen LogP contribution is -2.43. The Hall–Kier alpha value is -3.11. The van der Waals surface area contributed by atoms with Crippen LogP contribution in [0.2, 0.25) is 4.34 Å². The lowest BCUT2D eigenvalue weighted by atomic mass is 9.91. The summed E-state index contributed by atoms with van der Waals surface area (Å²) in [7, 11) is 1.37. The Morgan fingerprint density at radius 3 is 2.50 bits per heavy atom. The Balaban J connectivity index is 1.39. The van der Waals surface area contributed by atoms with E-state index in [1.165, 1.54) is 23.3 Å². The number of ether oxygens (including phenoxy) is 2. The molecule has 0 bridgehead atoms. The zero-order valence-electron chi connectivity index (χ0n) is 19.0. The number of amidine groups is 1. The van der Waals surface area contributed by atoms with Crippen LogP contribution in [0.15, 0.2) is 41.4 Å². The molecule has 1 N–H and O–H groups in total. The number of amides is 2. The highest BCUT2D eigenvalue weighted by Gasteiger charge is 2.40. The van der Waals surface area contributed by atoms with Crippen molar-refractivity contribution in [3.8, 4) is 0 Å². The monoisotopic (exact) mass is 504 g/mol. The number of halogens is 1. The molecule has 0 aliphatic carbocycles. The number of hydrogen-bond acceptors (Lipinski definition) is 8. The summed E-state index contributed by atoms with van der Waals surface area (Å²) in [6.45, 7) is 5.33. The van der Waals surface area contributed by atoms with Gasteiger partial charge in [-0.15, -0.1) is 11.3 Å². The molecule has 11 heteroatoms. The zero-order valence-corrected chi connectivity index (χ0v) is 20.6. The fraction of sp³-hybridized carbons (Fsp3) is 0.391. The van der Waals surface area contributed by atoms with Crippen molar-refractivity contribution in [1.29, 1.82) is 0 Å². The van der Waals surface area contributed by atoms with Crippen LogP contribution in [0.5, 0.6) is 0 Å². The van der Waals surface area contributed by atoms with Gasteiger partial charge < -0.3 is 19.7 Å². The van der Waals surface area contributed by atoms with Crippen molar-refractivity contribution < 1.29 is 23.9 Å². The summed E-state index contributed by atoms with van der Waals surface area (Å²) in [6.07, 6.45) is -0.939. The standard InChI is InChI=1S/C23H25ClN4O5S/c1-23(2,21(30)32-3)20-25-10-11-27(20)14-4-6-15(7-5-14)28-13-16(33-22(28)31)12-26-19(29)17-8-9-18(24)34-17/h4-9,16H,10-13H2,1-3H3,(H,26,29)/t16-/m0/s1. The summed E-state index contributed by atoms with van der Waals surface area (Å²) in [5.41, 5.74) is 0.662.